The minimum absolute atomic E-state index is 0.239. The molecule has 214 valence electrons. The Morgan fingerprint density at radius 3 is 1.95 bits per heavy atom. The van der Waals surface area contributed by atoms with Crippen molar-refractivity contribution in [1.29, 1.82) is 0 Å². The Morgan fingerprint density at radius 2 is 1.45 bits per heavy atom. The van der Waals surface area contributed by atoms with E-state index in [1.54, 1.807) is 0 Å². The summed E-state index contributed by atoms with van der Waals surface area (Å²) in [6.45, 7) is 12.0. The lowest BCUT2D eigenvalue weighted by Crippen LogP contribution is -2.69. The first kappa shape index (κ1) is 30.1. The van der Waals surface area contributed by atoms with Crippen molar-refractivity contribution >= 4 is 23.9 Å². The molecule has 0 aliphatic heterocycles. The van der Waals surface area contributed by atoms with Crippen LogP contribution >= 0.6 is 0 Å². The zero-order valence-electron chi connectivity index (χ0n) is 23.7. The van der Waals surface area contributed by atoms with E-state index in [4.69, 9.17) is 18.9 Å². The van der Waals surface area contributed by atoms with E-state index in [1.165, 1.54) is 27.7 Å². The molecule has 3 aliphatic rings. The highest BCUT2D eigenvalue weighted by molar-refractivity contribution is 5.68. The average Bonchev–Trinajstić information content (AvgIpc) is 2.72. The van der Waals surface area contributed by atoms with Crippen LogP contribution in [0.5, 0.6) is 0 Å². The van der Waals surface area contributed by atoms with Gasteiger partial charge in [-0.2, -0.15) is 0 Å². The maximum atomic E-state index is 12.6. The van der Waals surface area contributed by atoms with Gasteiger partial charge in [0.1, 0.15) is 30.0 Å². The topological polar surface area (TPSA) is 146 Å². The third-order valence-electron chi connectivity index (χ3n) is 8.87. The molecule has 0 spiro atoms. The summed E-state index contributed by atoms with van der Waals surface area (Å²) in [4.78, 5) is 49.1. The monoisotopic (exact) mass is 538 g/mol. The zero-order valence-corrected chi connectivity index (χ0v) is 23.7. The van der Waals surface area contributed by atoms with Crippen LogP contribution in [0.25, 0.3) is 0 Å². The van der Waals surface area contributed by atoms with Crippen LogP contribution in [0, 0.1) is 22.7 Å². The SMILES string of the molecule is CC(=O)O[C@@H]1[C@@H]2[C@@H](OC(C)=O)CC(C)=C([C@@H](OC(C)=O)C[C@]3(C)CC[C@H](OC(C)=O)[C@@](O)(CO)[C@@H]13)C2(C)C. The van der Waals surface area contributed by atoms with Crippen molar-refractivity contribution in [3.63, 3.8) is 0 Å². The van der Waals surface area contributed by atoms with Gasteiger partial charge in [0.2, 0.25) is 0 Å². The van der Waals surface area contributed by atoms with E-state index in [0.29, 0.717) is 12.8 Å². The van der Waals surface area contributed by atoms with Crippen molar-refractivity contribution in [1.82, 2.24) is 0 Å². The predicted molar refractivity (Wildman–Crippen MR) is 134 cm³/mol. The molecule has 0 amide bonds. The van der Waals surface area contributed by atoms with Crippen molar-refractivity contribution in [2.24, 2.45) is 22.7 Å². The molecule has 2 N–H and O–H groups in total. The molecule has 10 nitrogen and oxygen atoms in total. The molecule has 38 heavy (non-hydrogen) atoms. The molecule has 0 heterocycles. The number of hydrogen-bond donors (Lipinski definition) is 2. The molecule has 0 aromatic rings. The third kappa shape index (κ3) is 5.34. The Morgan fingerprint density at radius 1 is 0.895 bits per heavy atom. The fraction of sp³-hybridized carbons (Fsp3) is 0.786. The Bertz CT molecular complexity index is 1020. The van der Waals surface area contributed by atoms with E-state index in [1.807, 2.05) is 27.7 Å². The van der Waals surface area contributed by atoms with Gasteiger partial charge in [0.25, 0.3) is 0 Å². The van der Waals surface area contributed by atoms with E-state index in [2.05, 4.69) is 0 Å². The second kappa shape index (κ2) is 10.6. The second-order valence-corrected chi connectivity index (χ2v) is 12.1. The Labute approximate surface area is 224 Å². The highest BCUT2D eigenvalue weighted by Gasteiger charge is 2.67. The minimum atomic E-state index is -2.00. The number of aliphatic hydroxyl groups is 2. The summed E-state index contributed by atoms with van der Waals surface area (Å²) in [5.74, 6) is -3.82. The molecule has 0 unspecified atom stereocenters. The molecular weight excluding hydrogens is 496 g/mol. The first-order chi connectivity index (χ1) is 17.5. The summed E-state index contributed by atoms with van der Waals surface area (Å²) in [7, 11) is 0. The molecular formula is C28H42O10. The van der Waals surface area contributed by atoms with E-state index < -0.39 is 83.2 Å². The molecule has 3 rings (SSSR count). The van der Waals surface area contributed by atoms with E-state index in [0.717, 1.165) is 11.1 Å². The maximum absolute atomic E-state index is 12.6. The van der Waals surface area contributed by atoms with Crippen molar-refractivity contribution in [3.05, 3.63) is 11.1 Å². The Kier molecular flexibility index (Phi) is 8.39. The molecule has 10 heteroatoms. The summed E-state index contributed by atoms with van der Waals surface area (Å²) in [6, 6.07) is 0. The Balaban J connectivity index is 2.37. The van der Waals surface area contributed by atoms with Gasteiger partial charge in [0.15, 0.2) is 0 Å². The summed E-state index contributed by atoms with van der Waals surface area (Å²) in [5.41, 5.74) is -1.88. The highest BCUT2D eigenvalue weighted by Crippen LogP contribution is 2.61. The lowest BCUT2D eigenvalue weighted by Gasteiger charge is -2.62. The van der Waals surface area contributed by atoms with Gasteiger partial charge in [-0.1, -0.05) is 26.3 Å². The van der Waals surface area contributed by atoms with Gasteiger partial charge in [0.05, 0.1) is 6.61 Å². The van der Waals surface area contributed by atoms with Crippen LogP contribution in [0.15, 0.2) is 11.1 Å². The van der Waals surface area contributed by atoms with Crippen LogP contribution in [0.2, 0.25) is 0 Å². The normalized spacial score (nSPS) is 38.2. The van der Waals surface area contributed by atoms with Gasteiger partial charge >= 0.3 is 23.9 Å². The molecule has 3 aliphatic carbocycles. The number of carbonyl (C=O) groups is 4. The van der Waals surface area contributed by atoms with Gasteiger partial charge in [-0.3, -0.25) is 19.2 Å². The molecule has 2 bridgehead atoms. The fourth-order valence-corrected chi connectivity index (χ4v) is 7.88. The lowest BCUT2D eigenvalue weighted by molar-refractivity contribution is -0.259. The van der Waals surface area contributed by atoms with Crippen LogP contribution < -0.4 is 0 Å². The molecule has 0 radical (unpaired) electrons. The van der Waals surface area contributed by atoms with Crippen molar-refractivity contribution in [3.8, 4) is 0 Å². The van der Waals surface area contributed by atoms with Crippen LogP contribution in [-0.2, 0) is 38.1 Å². The fourth-order valence-electron chi connectivity index (χ4n) is 7.88. The summed E-state index contributed by atoms with van der Waals surface area (Å²) < 4.78 is 23.3. The lowest BCUT2D eigenvalue weighted by atomic mass is 9.47. The largest absolute Gasteiger partial charge is 0.462 e. The van der Waals surface area contributed by atoms with Crippen LogP contribution in [-0.4, -0.2) is 70.7 Å². The summed E-state index contributed by atoms with van der Waals surface area (Å²) in [6.07, 6.45) is -2.24. The maximum Gasteiger partial charge on any atom is 0.303 e. The number of esters is 4. The van der Waals surface area contributed by atoms with Gasteiger partial charge in [0, 0.05) is 46.0 Å². The van der Waals surface area contributed by atoms with Gasteiger partial charge in [-0.25, -0.2) is 0 Å². The number of aliphatic hydroxyl groups excluding tert-OH is 1. The average molecular weight is 539 g/mol. The first-order valence-corrected chi connectivity index (χ1v) is 13.2. The van der Waals surface area contributed by atoms with Crippen LogP contribution in [0.4, 0.5) is 0 Å². The van der Waals surface area contributed by atoms with Gasteiger partial charge in [-0.15, -0.1) is 0 Å². The zero-order chi connectivity index (χ0) is 28.8. The standard InChI is InChI=1S/C28H42O10/c1-14-11-19(35-15(2)30)23-24(38-18(5)33)25-27(8,10-9-21(37-17(4)32)28(25,34)13-29)12-20(36-16(3)31)22(14)26(23,6)7/h19-21,23-25,29,34H,9-13H2,1-8H3/t19-,20-,21-,23-,24+,25-,27-,28-/m0/s1. The summed E-state index contributed by atoms with van der Waals surface area (Å²) in [5, 5.41) is 22.8. The molecule has 2 saturated carbocycles. The van der Waals surface area contributed by atoms with Crippen molar-refractivity contribution in [2.45, 2.75) is 111 Å². The minimum Gasteiger partial charge on any atom is -0.462 e. The third-order valence-corrected chi connectivity index (χ3v) is 8.87. The molecule has 8 atom stereocenters. The molecule has 2 fully saturated rings. The molecule has 0 aromatic heterocycles. The quantitative estimate of drug-likeness (QED) is 0.304. The predicted octanol–water partition coefficient (Wildman–Crippen LogP) is 2.62. The van der Waals surface area contributed by atoms with E-state index >= 15 is 0 Å². The van der Waals surface area contributed by atoms with Gasteiger partial charge < -0.3 is 29.2 Å². The summed E-state index contributed by atoms with van der Waals surface area (Å²) >= 11 is 0. The Hall–Kier alpha value is -2.46. The number of carbonyl (C=O) groups excluding carboxylic acids is 4. The number of ether oxygens (including phenoxy) is 4. The smallest absolute Gasteiger partial charge is 0.303 e. The van der Waals surface area contributed by atoms with Crippen LogP contribution in [0.3, 0.4) is 0 Å². The van der Waals surface area contributed by atoms with Gasteiger partial charge in [-0.05, 0) is 42.6 Å². The molecule has 0 aromatic carbocycles. The van der Waals surface area contributed by atoms with Crippen molar-refractivity contribution < 1.29 is 48.3 Å². The van der Waals surface area contributed by atoms with E-state index in [-0.39, 0.29) is 12.8 Å². The van der Waals surface area contributed by atoms with Crippen LogP contribution in [0.1, 0.15) is 81.1 Å². The van der Waals surface area contributed by atoms with Crippen molar-refractivity contribution in [2.75, 3.05) is 6.61 Å². The number of fused-ring (bicyclic) bond motifs is 3. The molecule has 0 saturated heterocycles. The first-order valence-electron chi connectivity index (χ1n) is 13.2. The van der Waals surface area contributed by atoms with E-state index in [9.17, 15) is 29.4 Å². The highest BCUT2D eigenvalue weighted by atomic mass is 16.6. The second-order valence-electron chi connectivity index (χ2n) is 12.1. The number of hydrogen-bond acceptors (Lipinski definition) is 10. The number of rotatable bonds is 5.